The van der Waals surface area contributed by atoms with Gasteiger partial charge in [0.2, 0.25) is 0 Å². The zero-order valence-corrected chi connectivity index (χ0v) is 16.6. The van der Waals surface area contributed by atoms with E-state index >= 15 is 0 Å². The number of imidazole rings is 1. The number of amides is 1. The second-order valence-electron chi connectivity index (χ2n) is 7.34. The number of aliphatic imine (C=N–C) groups is 1. The molecule has 2 aliphatic rings. The average Bonchev–Trinajstić information content (AvgIpc) is 3.39. The van der Waals surface area contributed by atoms with Crippen molar-refractivity contribution in [2.45, 2.75) is 32.4 Å². The van der Waals surface area contributed by atoms with Crippen LogP contribution in [0.5, 0.6) is 0 Å². The van der Waals surface area contributed by atoms with E-state index in [0.717, 1.165) is 48.9 Å². The van der Waals surface area contributed by atoms with Gasteiger partial charge in [0, 0.05) is 51.7 Å². The fourth-order valence-corrected chi connectivity index (χ4v) is 3.90. The molecule has 4 heterocycles. The van der Waals surface area contributed by atoms with Gasteiger partial charge in [-0.15, -0.1) is 0 Å². The van der Waals surface area contributed by atoms with Crippen LogP contribution in [0.25, 0.3) is 5.65 Å². The minimum atomic E-state index is -0.234. The van der Waals surface area contributed by atoms with Crippen LogP contribution in [0.4, 0.5) is 0 Å². The Bertz CT molecular complexity index is 863. The van der Waals surface area contributed by atoms with Crippen LogP contribution in [0.3, 0.4) is 0 Å². The lowest BCUT2D eigenvalue weighted by Crippen LogP contribution is -2.55. The number of pyridine rings is 1. The molecule has 0 aliphatic carbocycles. The van der Waals surface area contributed by atoms with E-state index < -0.39 is 0 Å². The molecule has 2 fully saturated rings. The smallest absolute Gasteiger partial charge is 0.251 e. The molecule has 4 rings (SSSR count). The second-order valence-corrected chi connectivity index (χ2v) is 7.34. The third kappa shape index (κ3) is 3.82. The molecule has 2 aromatic rings. The van der Waals surface area contributed by atoms with Gasteiger partial charge in [-0.25, -0.2) is 4.98 Å². The van der Waals surface area contributed by atoms with Gasteiger partial charge >= 0.3 is 0 Å². The molecule has 0 saturated carbocycles. The zero-order chi connectivity index (χ0) is 19.5. The third-order valence-corrected chi connectivity index (χ3v) is 5.48. The summed E-state index contributed by atoms with van der Waals surface area (Å²) >= 11 is 0. The van der Waals surface area contributed by atoms with Crippen molar-refractivity contribution in [1.29, 1.82) is 0 Å². The van der Waals surface area contributed by atoms with Gasteiger partial charge in [-0.3, -0.25) is 9.79 Å². The molecule has 28 heavy (non-hydrogen) atoms. The highest BCUT2D eigenvalue weighted by Crippen LogP contribution is 2.16. The monoisotopic (exact) mass is 384 g/mol. The van der Waals surface area contributed by atoms with Gasteiger partial charge in [-0.2, -0.15) is 0 Å². The Kier molecular flexibility index (Phi) is 5.47. The lowest BCUT2D eigenvalue weighted by Gasteiger charge is -2.37. The predicted molar refractivity (Wildman–Crippen MR) is 107 cm³/mol. The van der Waals surface area contributed by atoms with Crippen molar-refractivity contribution in [3.8, 4) is 0 Å². The third-order valence-electron chi connectivity index (χ3n) is 5.48. The van der Waals surface area contributed by atoms with Gasteiger partial charge in [0.1, 0.15) is 11.8 Å². The Balaban J connectivity index is 1.32. The number of fused-ring (bicyclic) bond motifs is 1. The lowest BCUT2D eigenvalue weighted by molar-refractivity contribution is -0.142. The Hall–Kier alpha value is -2.61. The van der Waals surface area contributed by atoms with Crippen LogP contribution in [0.1, 0.15) is 24.2 Å². The fraction of sp³-hybridized carbons (Fsp3) is 0.550. The zero-order valence-electron chi connectivity index (χ0n) is 16.6. The summed E-state index contributed by atoms with van der Waals surface area (Å²) in [6.07, 6.45) is 3.65. The number of aromatic nitrogens is 2. The number of hydrogen-bond acceptors (Lipinski definition) is 4. The van der Waals surface area contributed by atoms with Crippen LogP contribution >= 0.6 is 0 Å². The first-order valence-electron chi connectivity index (χ1n) is 9.95. The summed E-state index contributed by atoms with van der Waals surface area (Å²) in [6.45, 7) is 6.32. The van der Waals surface area contributed by atoms with Gasteiger partial charge in [0.05, 0.1) is 12.2 Å². The molecule has 2 aromatic heterocycles. The summed E-state index contributed by atoms with van der Waals surface area (Å²) in [5, 5.41) is 3.41. The first-order valence-corrected chi connectivity index (χ1v) is 9.95. The van der Waals surface area contributed by atoms with Crippen molar-refractivity contribution >= 4 is 17.5 Å². The van der Waals surface area contributed by atoms with Crippen LogP contribution < -0.4 is 5.32 Å². The van der Waals surface area contributed by atoms with Crippen molar-refractivity contribution in [3.63, 3.8) is 0 Å². The highest BCUT2D eigenvalue weighted by molar-refractivity contribution is 5.82. The predicted octanol–water partition coefficient (Wildman–Crippen LogP) is 1.04. The summed E-state index contributed by atoms with van der Waals surface area (Å²) in [5.74, 6) is 0.984. The fourth-order valence-electron chi connectivity index (χ4n) is 3.90. The summed E-state index contributed by atoms with van der Waals surface area (Å²) in [4.78, 5) is 25.7. The molecule has 0 bridgehead atoms. The van der Waals surface area contributed by atoms with E-state index in [0.29, 0.717) is 26.2 Å². The van der Waals surface area contributed by atoms with Gasteiger partial charge in [-0.1, -0.05) is 6.07 Å². The normalized spacial score (nSPS) is 20.8. The standard InChI is InChI=1S/C20H28N6O2/c1-15-5-3-7-18-23-16(14-26(15)18)13-22-20(21-2)25-10-8-24(9-11-25)19(27)17-6-4-12-28-17/h3,5,7,14,17H,4,6,8-13H2,1-2H3,(H,21,22). The van der Waals surface area contributed by atoms with E-state index in [-0.39, 0.29) is 12.0 Å². The largest absolute Gasteiger partial charge is 0.368 e. The molecule has 0 radical (unpaired) electrons. The number of ether oxygens (including phenoxy) is 1. The second kappa shape index (κ2) is 8.18. The summed E-state index contributed by atoms with van der Waals surface area (Å²) < 4.78 is 7.63. The van der Waals surface area contributed by atoms with Crippen LogP contribution in [-0.2, 0) is 16.1 Å². The van der Waals surface area contributed by atoms with Gasteiger partial charge in [-0.05, 0) is 31.9 Å². The average molecular weight is 384 g/mol. The molecule has 1 N–H and O–H groups in total. The Morgan fingerprint density at radius 3 is 2.75 bits per heavy atom. The van der Waals surface area contributed by atoms with Gasteiger partial charge in [0.25, 0.3) is 5.91 Å². The minimum absolute atomic E-state index is 0.139. The molecule has 1 unspecified atom stereocenters. The molecule has 1 atom stereocenters. The SMILES string of the molecule is CN=C(NCc1cn2c(C)cccc2n1)N1CCN(C(=O)C2CCCO2)CC1. The molecule has 0 spiro atoms. The molecule has 8 nitrogen and oxygen atoms in total. The van der Waals surface area contributed by atoms with E-state index in [1.54, 1.807) is 7.05 Å². The number of hydrogen-bond donors (Lipinski definition) is 1. The maximum Gasteiger partial charge on any atom is 0.251 e. The van der Waals surface area contributed by atoms with Crippen molar-refractivity contribution in [2.24, 2.45) is 4.99 Å². The van der Waals surface area contributed by atoms with Crippen molar-refractivity contribution < 1.29 is 9.53 Å². The van der Waals surface area contributed by atoms with E-state index in [4.69, 9.17) is 4.74 Å². The number of piperazine rings is 1. The number of guanidine groups is 1. The van der Waals surface area contributed by atoms with Crippen molar-refractivity contribution in [1.82, 2.24) is 24.5 Å². The number of nitrogens with one attached hydrogen (secondary N) is 1. The van der Waals surface area contributed by atoms with Gasteiger partial charge in [0.15, 0.2) is 5.96 Å². The summed E-state index contributed by atoms with van der Waals surface area (Å²) in [6, 6.07) is 6.10. The topological polar surface area (TPSA) is 74.5 Å². The van der Waals surface area contributed by atoms with Crippen molar-refractivity contribution in [3.05, 3.63) is 35.8 Å². The molecule has 1 amide bonds. The summed E-state index contributed by atoms with van der Waals surface area (Å²) in [5.41, 5.74) is 3.09. The number of aryl methyl sites for hydroxylation is 1. The lowest BCUT2D eigenvalue weighted by atomic mass is 10.2. The number of carbonyl (C=O) groups excluding carboxylic acids is 1. The molecule has 2 aliphatic heterocycles. The van der Waals surface area contributed by atoms with Crippen LogP contribution in [0.15, 0.2) is 29.4 Å². The molecular weight excluding hydrogens is 356 g/mol. The van der Waals surface area contributed by atoms with Crippen LogP contribution in [-0.4, -0.2) is 77.0 Å². The van der Waals surface area contributed by atoms with E-state index in [1.807, 2.05) is 17.0 Å². The highest BCUT2D eigenvalue weighted by Gasteiger charge is 2.30. The van der Waals surface area contributed by atoms with Crippen LogP contribution in [0.2, 0.25) is 0 Å². The van der Waals surface area contributed by atoms with E-state index in [1.165, 1.54) is 0 Å². The maximum absolute atomic E-state index is 12.5. The molecule has 8 heteroatoms. The minimum Gasteiger partial charge on any atom is -0.368 e. The van der Waals surface area contributed by atoms with Crippen molar-refractivity contribution in [2.75, 3.05) is 39.8 Å². The van der Waals surface area contributed by atoms with E-state index in [2.05, 4.69) is 43.8 Å². The Morgan fingerprint density at radius 1 is 1.29 bits per heavy atom. The first kappa shape index (κ1) is 18.7. The Morgan fingerprint density at radius 2 is 2.07 bits per heavy atom. The van der Waals surface area contributed by atoms with Gasteiger partial charge < -0.3 is 24.3 Å². The summed E-state index contributed by atoms with van der Waals surface area (Å²) in [7, 11) is 1.79. The highest BCUT2D eigenvalue weighted by atomic mass is 16.5. The first-order chi connectivity index (χ1) is 13.7. The number of nitrogens with zero attached hydrogens (tertiary/aromatic N) is 5. The molecule has 2 saturated heterocycles. The Labute approximate surface area is 165 Å². The quantitative estimate of drug-likeness (QED) is 0.632. The number of rotatable bonds is 3. The molecular formula is C20H28N6O2. The maximum atomic E-state index is 12.5. The van der Waals surface area contributed by atoms with E-state index in [9.17, 15) is 4.79 Å². The van der Waals surface area contributed by atoms with Crippen LogP contribution in [0, 0.1) is 6.92 Å². The molecule has 0 aromatic carbocycles. The number of carbonyl (C=O) groups is 1. The molecule has 150 valence electrons.